The molecule has 7 heteroatoms. The van der Waals surface area contributed by atoms with E-state index >= 15 is 0 Å². The van der Waals surface area contributed by atoms with Crippen molar-refractivity contribution in [2.24, 2.45) is 5.73 Å². The quantitative estimate of drug-likeness (QED) is 0.820. The van der Waals surface area contributed by atoms with Crippen LogP contribution in [0, 0.1) is 0 Å². The topological polar surface area (TPSA) is 44.5 Å². The lowest BCUT2D eigenvalue weighted by atomic mass is 10.1. The highest BCUT2D eigenvalue weighted by molar-refractivity contribution is 7.99. The number of ether oxygens (including phenoxy) is 2. The summed E-state index contributed by atoms with van der Waals surface area (Å²) >= 11 is 0.436. The van der Waals surface area contributed by atoms with Crippen LogP contribution < -0.4 is 15.2 Å². The van der Waals surface area contributed by atoms with E-state index in [1.165, 1.54) is 14.2 Å². The van der Waals surface area contributed by atoms with Crippen LogP contribution in [0.2, 0.25) is 0 Å². The molecule has 2 N–H and O–H groups in total. The molecule has 18 heavy (non-hydrogen) atoms. The molecule has 0 radical (unpaired) electrons. The largest absolute Gasteiger partial charge is 0.496 e. The van der Waals surface area contributed by atoms with Gasteiger partial charge in [0.05, 0.1) is 19.1 Å². The van der Waals surface area contributed by atoms with Crippen molar-refractivity contribution >= 4 is 24.2 Å². The molecule has 0 amide bonds. The molecule has 0 unspecified atom stereocenters. The average molecular weight is 300 g/mol. The van der Waals surface area contributed by atoms with Crippen LogP contribution in [0.5, 0.6) is 11.5 Å². The summed E-state index contributed by atoms with van der Waals surface area (Å²) in [6.45, 7) is 0.459. The predicted molar refractivity (Wildman–Crippen MR) is 71.4 cm³/mol. The van der Waals surface area contributed by atoms with Crippen LogP contribution in [0.15, 0.2) is 17.0 Å². The SMILES string of the molecule is COc1cc(SC(F)F)c(OC)cc1CCN.Cl. The molecule has 0 saturated heterocycles. The van der Waals surface area contributed by atoms with Gasteiger partial charge in [-0.2, -0.15) is 8.78 Å². The number of methoxy groups -OCH3 is 2. The smallest absolute Gasteiger partial charge is 0.289 e. The first-order chi connectivity index (χ1) is 8.12. The third-order valence-electron chi connectivity index (χ3n) is 2.20. The zero-order valence-corrected chi connectivity index (χ0v) is 11.7. The molecular formula is C11H16ClF2NO2S. The minimum Gasteiger partial charge on any atom is -0.496 e. The molecule has 0 bridgehead atoms. The Morgan fingerprint density at radius 2 is 1.83 bits per heavy atom. The Morgan fingerprint density at radius 3 is 2.28 bits per heavy atom. The first kappa shape index (κ1) is 17.3. The molecular weight excluding hydrogens is 284 g/mol. The second kappa shape index (κ2) is 8.39. The van der Waals surface area contributed by atoms with Crippen molar-refractivity contribution in [1.29, 1.82) is 0 Å². The van der Waals surface area contributed by atoms with Crippen molar-refractivity contribution in [2.75, 3.05) is 20.8 Å². The molecule has 3 nitrogen and oxygen atoms in total. The maximum atomic E-state index is 12.4. The molecule has 0 atom stereocenters. The summed E-state index contributed by atoms with van der Waals surface area (Å²) in [6, 6.07) is 3.25. The molecule has 1 aromatic rings. The lowest BCUT2D eigenvalue weighted by molar-refractivity contribution is 0.251. The van der Waals surface area contributed by atoms with Gasteiger partial charge in [0.15, 0.2) is 0 Å². The second-order valence-electron chi connectivity index (χ2n) is 3.23. The number of hydrogen-bond acceptors (Lipinski definition) is 4. The summed E-state index contributed by atoms with van der Waals surface area (Å²) in [7, 11) is 2.95. The third-order valence-corrected chi connectivity index (χ3v) is 2.95. The first-order valence-corrected chi connectivity index (χ1v) is 5.90. The highest BCUT2D eigenvalue weighted by atomic mass is 35.5. The van der Waals surface area contributed by atoms with Gasteiger partial charge in [-0.1, -0.05) is 11.8 Å². The summed E-state index contributed by atoms with van der Waals surface area (Å²) in [5.41, 5.74) is 6.33. The van der Waals surface area contributed by atoms with E-state index in [-0.39, 0.29) is 12.4 Å². The minimum absolute atomic E-state index is 0. The normalized spacial score (nSPS) is 10.1. The number of alkyl halides is 2. The van der Waals surface area contributed by atoms with Crippen LogP contribution in [0.25, 0.3) is 0 Å². The number of thioether (sulfide) groups is 1. The Bertz CT molecular complexity index is 380. The van der Waals surface area contributed by atoms with E-state index in [9.17, 15) is 8.78 Å². The van der Waals surface area contributed by atoms with Gasteiger partial charge in [0, 0.05) is 0 Å². The van der Waals surface area contributed by atoms with Crippen LogP contribution in [-0.2, 0) is 6.42 Å². The van der Waals surface area contributed by atoms with Crippen molar-refractivity contribution in [3.8, 4) is 11.5 Å². The van der Waals surface area contributed by atoms with Crippen LogP contribution in [0.3, 0.4) is 0 Å². The molecule has 0 fully saturated rings. The Balaban J connectivity index is 0.00000289. The third kappa shape index (κ3) is 4.51. The predicted octanol–water partition coefficient (Wildman–Crippen LogP) is 2.94. The van der Waals surface area contributed by atoms with E-state index in [0.717, 1.165) is 5.56 Å². The Labute approximate surface area is 115 Å². The summed E-state index contributed by atoms with van der Waals surface area (Å²) < 4.78 is 35.0. The summed E-state index contributed by atoms with van der Waals surface area (Å²) in [4.78, 5) is 0.361. The monoisotopic (exact) mass is 299 g/mol. The molecule has 104 valence electrons. The van der Waals surface area contributed by atoms with Gasteiger partial charge in [-0.15, -0.1) is 12.4 Å². The van der Waals surface area contributed by atoms with Crippen molar-refractivity contribution in [3.05, 3.63) is 17.7 Å². The lowest BCUT2D eigenvalue weighted by Crippen LogP contribution is -2.05. The molecule has 0 aromatic heterocycles. The highest BCUT2D eigenvalue weighted by Gasteiger charge is 2.15. The van der Waals surface area contributed by atoms with Gasteiger partial charge in [-0.05, 0) is 30.7 Å². The summed E-state index contributed by atoms with van der Waals surface area (Å²) in [6.07, 6.45) is 0.610. The van der Waals surface area contributed by atoms with E-state index in [0.29, 0.717) is 41.1 Å². The average Bonchev–Trinajstić information content (AvgIpc) is 2.30. The standard InChI is InChI=1S/C11H15F2NO2S.ClH/c1-15-8-6-10(17-11(12)13)9(16-2)5-7(8)3-4-14;/h5-6,11H,3-4,14H2,1-2H3;1H. The molecule has 0 saturated carbocycles. The van der Waals surface area contributed by atoms with Gasteiger partial charge in [0.2, 0.25) is 0 Å². The maximum Gasteiger partial charge on any atom is 0.289 e. The first-order valence-electron chi connectivity index (χ1n) is 5.02. The van der Waals surface area contributed by atoms with Gasteiger partial charge >= 0.3 is 0 Å². The van der Waals surface area contributed by atoms with E-state index in [1.54, 1.807) is 12.1 Å². The Kier molecular flexibility index (Phi) is 8.06. The maximum absolute atomic E-state index is 12.4. The molecule has 1 rings (SSSR count). The van der Waals surface area contributed by atoms with Crippen molar-refractivity contribution in [3.63, 3.8) is 0 Å². The number of halogens is 3. The van der Waals surface area contributed by atoms with Crippen LogP contribution in [0.1, 0.15) is 5.56 Å². The zero-order valence-electron chi connectivity index (χ0n) is 10.1. The van der Waals surface area contributed by atoms with E-state index in [1.807, 2.05) is 0 Å². The number of nitrogens with two attached hydrogens (primary N) is 1. The molecule has 0 aliphatic rings. The fraction of sp³-hybridized carbons (Fsp3) is 0.455. The van der Waals surface area contributed by atoms with Crippen molar-refractivity contribution in [1.82, 2.24) is 0 Å². The van der Waals surface area contributed by atoms with E-state index in [2.05, 4.69) is 0 Å². The number of benzene rings is 1. The van der Waals surface area contributed by atoms with Gasteiger partial charge < -0.3 is 15.2 Å². The van der Waals surface area contributed by atoms with Crippen molar-refractivity contribution in [2.45, 2.75) is 17.1 Å². The van der Waals surface area contributed by atoms with E-state index < -0.39 is 5.76 Å². The Hall–Kier alpha value is -0.720. The summed E-state index contributed by atoms with van der Waals surface area (Å²) in [5, 5.41) is 0. The molecule has 0 aliphatic heterocycles. The minimum atomic E-state index is -2.49. The van der Waals surface area contributed by atoms with Crippen LogP contribution in [0.4, 0.5) is 8.78 Å². The van der Waals surface area contributed by atoms with Gasteiger partial charge in [-0.3, -0.25) is 0 Å². The number of hydrogen-bond donors (Lipinski definition) is 1. The Morgan fingerprint density at radius 1 is 1.22 bits per heavy atom. The van der Waals surface area contributed by atoms with Crippen molar-refractivity contribution < 1.29 is 18.3 Å². The lowest BCUT2D eigenvalue weighted by Gasteiger charge is -2.13. The van der Waals surface area contributed by atoms with Crippen LogP contribution >= 0.6 is 24.2 Å². The zero-order chi connectivity index (χ0) is 12.8. The van der Waals surface area contributed by atoms with E-state index in [4.69, 9.17) is 15.2 Å². The van der Waals surface area contributed by atoms with Gasteiger partial charge in [-0.25, -0.2) is 0 Å². The molecule has 0 heterocycles. The fourth-order valence-corrected chi connectivity index (χ4v) is 2.10. The number of rotatable bonds is 6. The van der Waals surface area contributed by atoms with Crippen LogP contribution in [-0.4, -0.2) is 26.5 Å². The second-order valence-corrected chi connectivity index (χ2v) is 4.26. The highest BCUT2D eigenvalue weighted by Crippen LogP contribution is 2.38. The summed E-state index contributed by atoms with van der Waals surface area (Å²) in [5.74, 6) is -1.52. The molecule has 0 aliphatic carbocycles. The molecule has 0 spiro atoms. The van der Waals surface area contributed by atoms with Gasteiger partial charge in [0.1, 0.15) is 11.5 Å². The van der Waals surface area contributed by atoms with Gasteiger partial charge in [0.25, 0.3) is 5.76 Å². The fourth-order valence-electron chi connectivity index (χ4n) is 1.47. The molecule has 1 aromatic carbocycles.